The number of amides is 1. The van der Waals surface area contributed by atoms with Crippen LogP contribution in [0.25, 0.3) is 0 Å². The first-order chi connectivity index (χ1) is 11.0. The maximum atomic E-state index is 12.0. The van der Waals surface area contributed by atoms with Gasteiger partial charge in [0.05, 0.1) is 11.8 Å². The van der Waals surface area contributed by atoms with Crippen molar-refractivity contribution in [1.82, 2.24) is 5.43 Å². The lowest BCUT2D eigenvalue weighted by Gasteiger charge is -2.04. The molecule has 8 heteroatoms. The first-order valence-corrected chi connectivity index (χ1v) is 7.63. The highest BCUT2D eigenvalue weighted by Crippen LogP contribution is 2.36. The zero-order chi connectivity index (χ0) is 16.4. The van der Waals surface area contributed by atoms with Crippen molar-refractivity contribution in [1.29, 1.82) is 0 Å². The zero-order valence-corrected chi connectivity index (χ0v) is 13.9. The van der Waals surface area contributed by atoms with E-state index in [4.69, 9.17) is 21.1 Å². The van der Waals surface area contributed by atoms with Crippen molar-refractivity contribution in [2.45, 2.75) is 0 Å². The van der Waals surface area contributed by atoms with Gasteiger partial charge < -0.3 is 14.6 Å². The van der Waals surface area contributed by atoms with Crippen LogP contribution in [0, 0.1) is 0 Å². The number of benzene rings is 2. The monoisotopic (exact) mass is 396 g/mol. The van der Waals surface area contributed by atoms with Gasteiger partial charge in [-0.25, -0.2) is 5.43 Å². The fourth-order valence-electron chi connectivity index (χ4n) is 1.94. The van der Waals surface area contributed by atoms with Crippen LogP contribution in [-0.4, -0.2) is 24.0 Å². The van der Waals surface area contributed by atoms with E-state index in [1.54, 1.807) is 12.1 Å². The van der Waals surface area contributed by atoms with Gasteiger partial charge in [-0.1, -0.05) is 11.6 Å². The average Bonchev–Trinajstić information content (AvgIpc) is 2.96. The number of aromatic hydroxyl groups is 1. The molecule has 0 radical (unpaired) electrons. The molecule has 1 aliphatic rings. The summed E-state index contributed by atoms with van der Waals surface area (Å²) in [4.78, 5) is 12.0. The van der Waals surface area contributed by atoms with Crippen LogP contribution in [0.2, 0.25) is 5.02 Å². The molecular weight excluding hydrogens is 388 g/mol. The third-order valence-electron chi connectivity index (χ3n) is 3.06. The van der Waals surface area contributed by atoms with Gasteiger partial charge in [0.15, 0.2) is 11.5 Å². The Morgan fingerprint density at radius 3 is 2.83 bits per heavy atom. The Morgan fingerprint density at radius 2 is 2.04 bits per heavy atom. The van der Waals surface area contributed by atoms with Crippen LogP contribution >= 0.6 is 27.5 Å². The van der Waals surface area contributed by atoms with Gasteiger partial charge in [0.25, 0.3) is 5.91 Å². The quantitative estimate of drug-likeness (QED) is 0.615. The molecule has 1 amide bonds. The highest BCUT2D eigenvalue weighted by atomic mass is 79.9. The number of carbonyl (C=O) groups excluding carboxylic acids is 1. The third-order valence-corrected chi connectivity index (χ3v) is 3.99. The molecule has 0 unspecified atom stereocenters. The predicted molar refractivity (Wildman–Crippen MR) is 88.4 cm³/mol. The third kappa shape index (κ3) is 3.40. The number of phenols is 1. The molecule has 6 nitrogen and oxygen atoms in total. The number of phenolic OH excluding ortho intramolecular Hbond substituents is 1. The summed E-state index contributed by atoms with van der Waals surface area (Å²) >= 11 is 9.19. The molecule has 0 saturated carbocycles. The average molecular weight is 398 g/mol. The largest absolute Gasteiger partial charge is 0.507 e. The molecular formula is C15H10BrClN2O4. The van der Waals surface area contributed by atoms with E-state index in [9.17, 15) is 9.90 Å². The second kappa shape index (κ2) is 6.47. The standard InChI is InChI=1S/C15H10BrClN2O4/c16-11-5-14-13(22-7-23-14)3-8(11)6-18-19-15(21)10-4-9(17)1-2-12(10)20/h1-6,20H,7H2,(H,19,21). The van der Waals surface area contributed by atoms with Crippen molar-refractivity contribution in [2.75, 3.05) is 6.79 Å². The molecule has 0 spiro atoms. The van der Waals surface area contributed by atoms with Crippen molar-refractivity contribution < 1.29 is 19.4 Å². The Balaban J connectivity index is 1.74. The fourth-order valence-corrected chi connectivity index (χ4v) is 2.54. The minimum atomic E-state index is -0.571. The number of hydrogen-bond acceptors (Lipinski definition) is 5. The van der Waals surface area contributed by atoms with Crippen LogP contribution < -0.4 is 14.9 Å². The minimum absolute atomic E-state index is 0.0411. The molecule has 23 heavy (non-hydrogen) atoms. The summed E-state index contributed by atoms with van der Waals surface area (Å²) in [6, 6.07) is 7.68. The van der Waals surface area contributed by atoms with Crippen LogP contribution in [0.15, 0.2) is 39.9 Å². The maximum absolute atomic E-state index is 12.0. The van der Waals surface area contributed by atoms with Crippen LogP contribution in [-0.2, 0) is 0 Å². The number of nitrogens with one attached hydrogen (secondary N) is 1. The first kappa shape index (κ1) is 15.6. The summed E-state index contributed by atoms with van der Waals surface area (Å²) in [6.07, 6.45) is 1.45. The molecule has 3 rings (SSSR count). The fraction of sp³-hybridized carbons (Fsp3) is 0.0667. The Morgan fingerprint density at radius 1 is 1.30 bits per heavy atom. The predicted octanol–water partition coefficient (Wildman–Crippen LogP) is 3.30. The molecule has 0 aliphatic carbocycles. The molecule has 2 aromatic rings. The Kier molecular flexibility index (Phi) is 4.40. The zero-order valence-electron chi connectivity index (χ0n) is 11.5. The lowest BCUT2D eigenvalue weighted by molar-refractivity contribution is 0.0952. The van der Waals surface area contributed by atoms with Crippen LogP contribution in [0.3, 0.4) is 0 Å². The summed E-state index contributed by atoms with van der Waals surface area (Å²) in [7, 11) is 0. The van der Waals surface area contributed by atoms with Crippen LogP contribution in [0.5, 0.6) is 17.2 Å². The summed E-state index contributed by atoms with van der Waals surface area (Å²) in [5.74, 6) is 0.500. The summed E-state index contributed by atoms with van der Waals surface area (Å²) in [6.45, 7) is 0.174. The summed E-state index contributed by atoms with van der Waals surface area (Å²) in [5.41, 5.74) is 3.07. The summed E-state index contributed by atoms with van der Waals surface area (Å²) in [5, 5.41) is 13.9. The molecule has 0 atom stereocenters. The number of ether oxygens (including phenoxy) is 2. The number of hydrazone groups is 1. The van der Waals surface area contributed by atoms with E-state index < -0.39 is 5.91 Å². The number of fused-ring (bicyclic) bond motifs is 1. The lowest BCUT2D eigenvalue weighted by atomic mass is 10.2. The van der Waals surface area contributed by atoms with Crippen molar-refractivity contribution in [3.05, 3.63) is 51.0 Å². The smallest absolute Gasteiger partial charge is 0.275 e. The normalized spacial score (nSPS) is 12.6. The number of halogens is 2. The Hall–Kier alpha value is -2.25. The van der Waals surface area contributed by atoms with Gasteiger partial charge in [-0.05, 0) is 46.3 Å². The van der Waals surface area contributed by atoms with Gasteiger partial charge in [0, 0.05) is 15.1 Å². The number of rotatable bonds is 3. The number of nitrogens with zero attached hydrogens (tertiary/aromatic N) is 1. The lowest BCUT2D eigenvalue weighted by Crippen LogP contribution is -2.17. The minimum Gasteiger partial charge on any atom is -0.507 e. The Labute approximate surface area is 144 Å². The van der Waals surface area contributed by atoms with Gasteiger partial charge in [-0.2, -0.15) is 5.10 Å². The van der Waals surface area contributed by atoms with Crippen molar-refractivity contribution in [3.8, 4) is 17.2 Å². The number of hydrogen-bond donors (Lipinski definition) is 2. The topological polar surface area (TPSA) is 80.2 Å². The van der Waals surface area contributed by atoms with Crippen molar-refractivity contribution in [3.63, 3.8) is 0 Å². The second-order valence-electron chi connectivity index (χ2n) is 4.59. The second-order valence-corrected chi connectivity index (χ2v) is 5.88. The molecule has 118 valence electrons. The molecule has 1 heterocycles. The Bertz CT molecular complexity index is 810. The van der Waals surface area contributed by atoms with Crippen molar-refractivity contribution in [2.24, 2.45) is 5.10 Å². The van der Waals surface area contributed by atoms with Crippen LogP contribution in [0.4, 0.5) is 0 Å². The first-order valence-electron chi connectivity index (χ1n) is 6.45. The molecule has 0 aromatic heterocycles. The van der Waals surface area contributed by atoms with E-state index in [2.05, 4.69) is 26.5 Å². The molecule has 0 saturated heterocycles. The number of carbonyl (C=O) groups is 1. The molecule has 0 bridgehead atoms. The van der Waals surface area contributed by atoms with Crippen molar-refractivity contribution >= 4 is 39.7 Å². The maximum Gasteiger partial charge on any atom is 0.275 e. The van der Waals surface area contributed by atoms with E-state index in [1.165, 1.54) is 24.4 Å². The van der Waals surface area contributed by atoms with E-state index in [0.29, 0.717) is 22.1 Å². The molecule has 0 fully saturated rings. The van der Waals surface area contributed by atoms with Gasteiger partial charge >= 0.3 is 0 Å². The molecule has 2 N–H and O–H groups in total. The van der Waals surface area contributed by atoms with E-state index in [0.717, 1.165) is 4.47 Å². The van der Waals surface area contributed by atoms with Gasteiger partial charge in [-0.3, -0.25) is 4.79 Å². The SMILES string of the molecule is O=C(NN=Cc1cc2c(cc1Br)OCO2)c1cc(Cl)ccc1O. The van der Waals surface area contributed by atoms with Crippen LogP contribution in [0.1, 0.15) is 15.9 Å². The summed E-state index contributed by atoms with van der Waals surface area (Å²) < 4.78 is 11.3. The highest BCUT2D eigenvalue weighted by molar-refractivity contribution is 9.10. The van der Waals surface area contributed by atoms with Gasteiger partial charge in [0.1, 0.15) is 5.75 Å². The molecule has 1 aliphatic heterocycles. The van der Waals surface area contributed by atoms with Gasteiger partial charge in [0.2, 0.25) is 6.79 Å². The molecule has 2 aromatic carbocycles. The van der Waals surface area contributed by atoms with Gasteiger partial charge in [-0.15, -0.1) is 0 Å². The van der Waals surface area contributed by atoms with E-state index >= 15 is 0 Å². The van der Waals surface area contributed by atoms with E-state index in [-0.39, 0.29) is 18.1 Å². The highest BCUT2D eigenvalue weighted by Gasteiger charge is 2.16. The van der Waals surface area contributed by atoms with E-state index in [1.807, 2.05) is 0 Å².